The monoisotopic (exact) mass is 427 g/mol. The van der Waals surface area contributed by atoms with Crippen molar-refractivity contribution in [1.29, 1.82) is 0 Å². The number of alkyl halides is 3. The summed E-state index contributed by atoms with van der Waals surface area (Å²) in [6.07, 6.45) is -2.45. The molecule has 0 atom stereocenters. The highest BCUT2D eigenvalue weighted by atomic mass is 19.4. The number of benzene rings is 2. The van der Waals surface area contributed by atoms with Gasteiger partial charge < -0.3 is 14.8 Å². The molecule has 7 heteroatoms. The third-order valence-corrected chi connectivity index (χ3v) is 5.65. The number of anilines is 2. The predicted molar refractivity (Wildman–Crippen MR) is 115 cm³/mol. The maximum absolute atomic E-state index is 12.9. The van der Waals surface area contributed by atoms with E-state index in [2.05, 4.69) is 33.1 Å². The van der Waals surface area contributed by atoms with Crippen molar-refractivity contribution in [2.24, 2.45) is 0 Å². The van der Waals surface area contributed by atoms with Crippen LogP contribution in [0.5, 0.6) is 0 Å². The molecule has 1 amide bonds. The van der Waals surface area contributed by atoms with Crippen LogP contribution in [0.25, 0.3) is 0 Å². The molecule has 162 valence electrons. The van der Waals surface area contributed by atoms with Crippen molar-refractivity contribution in [1.82, 2.24) is 4.57 Å². The van der Waals surface area contributed by atoms with Gasteiger partial charge in [0.1, 0.15) is 0 Å². The van der Waals surface area contributed by atoms with Crippen LogP contribution in [0.4, 0.5) is 24.5 Å². The highest BCUT2D eigenvalue weighted by molar-refractivity contribution is 5.94. The molecule has 2 aromatic carbocycles. The fourth-order valence-electron chi connectivity index (χ4n) is 4.08. The van der Waals surface area contributed by atoms with Crippen LogP contribution < -0.4 is 10.2 Å². The van der Waals surface area contributed by atoms with E-state index < -0.39 is 11.7 Å². The van der Waals surface area contributed by atoms with Gasteiger partial charge in [-0.3, -0.25) is 4.79 Å². The number of rotatable bonds is 4. The smallest absolute Gasteiger partial charge is 0.364 e. The van der Waals surface area contributed by atoms with Gasteiger partial charge in [0.05, 0.1) is 18.5 Å². The molecule has 0 spiro atoms. The summed E-state index contributed by atoms with van der Waals surface area (Å²) in [5.41, 5.74) is 4.50. The summed E-state index contributed by atoms with van der Waals surface area (Å²) in [5.74, 6) is -0.339. The zero-order chi connectivity index (χ0) is 22.2. The number of aryl methyl sites for hydroxylation is 2. The van der Waals surface area contributed by atoms with Crippen molar-refractivity contribution < 1.29 is 18.0 Å². The first-order chi connectivity index (χ1) is 14.7. The molecule has 0 fully saturated rings. The third-order valence-electron chi connectivity index (χ3n) is 5.65. The van der Waals surface area contributed by atoms with Gasteiger partial charge in [-0.25, -0.2) is 0 Å². The number of hydrogen-bond acceptors (Lipinski definition) is 2. The molecule has 3 aromatic rings. The van der Waals surface area contributed by atoms with Gasteiger partial charge >= 0.3 is 6.18 Å². The lowest BCUT2D eigenvalue weighted by Crippen LogP contribution is -2.33. The summed E-state index contributed by atoms with van der Waals surface area (Å²) in [7, 11) is 0. The standard InChI is InChI=1S/C24H24F3N3O/c1-16-11-21(30-10-9-29-8-4-7-20(29)15-30)12-17(2)23(16)28-22(31)14-18-5-3-6-19(13-18)24(25,26)27/h3-8,11-13H,9-10,14-15H2,1-2H3,(H,28,31). The van der Waals surface area contributed by atoms with Crippen molar-refractivity contribution >= 4 is 17.3 Å². The normalized spacial score (nSPS) is 13.8. The summed E-state index contributed by atoms with van der Waals surface area (Å²) in [4.78, 5) is 14.8. The molecule has 1 aliphatic heterocycles. The molecular weight excluding hydrogens is 403 g/mol. The molecule has 0 saturated carbocycles. The molecule has 4 nitrogen and oxygen atoms in total. The fourth-order valence-corrected chi connectivity index (χ4v) is 4.08. The summed E-state index contributed by atoms with van der Waals surface area (Å²) >= 11 is 0. The van der Waals surface area contributed by atoms with E-state index in [0.29, 0.717) is 11.3 Å². The number of nitrogens with zero attached hydrogens (tertiary/aromatic N) is 2. The van der Waals surface area contributed by atoms with Gasteiger partial charge in [-0.1, -0.05) is 18.2 Å². The molecule has 1 aliphatic rings. The van der Waals surface area contributed by atoms with Crippen LogP contribution in [0.2, 0.25) is 0 Å². The fraction of sp³-hybridized carbons (Fsp3) is 0.292. The number of halogens is 3. The lowest BCUT2D eigenvalue weighted by Gasteiger charge is -2.31. The van der Waals surface area contributed by atoms with Crippen LogP contribution in [0.1, 0.15) is 27.9 Å². The maximum atomic E-state index is 12.9. The second kappa shape index (κ2) is 8.13. The van der Waals surface area contributed by atoms with E-state index in [1.807, 2.05) is 26.0 Å². The van der Waals surface area contributed by atoms with Crippen LogP contribution >= 0.6 is 0 Å². The summed E-state index contributed by atoms with van der Waals surface area (Å²) in [6.45, 7) is 6.52. The average molecular weight is 427 g/mol. The number of fused-ring (bicyclic) bond motifs is 1. The Hall–Kier alpha value is -3.22. The molecule has 1 aromatic heterocycles. The van der Waals surface area contributed by atoms with Crippen LogP contribution in [-0.2, 0) is 30.5 Å². The first-order valence-corrected chi connectivity index (χ1v) is 10.2. The van der Waals surface area contributed by atoms with E-state index in [9.17, 15) is 18.0 Å². The molecule has 4 rings (SSSR count). The predicted octanol–water partition coefficient (Wildman–Crippen LogP) is 5.33. The Morgan fingerprint density at radius 3 is 2.48 bits per heavy atom. The maximum Gasteiger partial charge on any atom is 0.416 e. The Labute approximate surface area is 179 Å². The Kier molecular flexibility index (Phi) is 5.52. The zero-order valence-electron chi connectivity index (χ0n) is 17.5. The molecule has 0 aliphatic carbocycles. The van der Waals surface area contributed by atoms with Crippen molar-refractivity contribution in [3.8, 4) is 0 Å². The number of nitrogens with one attached hydrogen (secondary N) is 1. The van der Waals surface area contributed by atoms with Crippen LogP contribution in [0.15, 0.2) is 54.7 Å². The lowest BCUT2D eigenvalue weighted by atomic mass is 10.0. The lowest BCUT2D eigenvalue weighted by molar-refractivity contribution is -0.137. The molecule has 1 N–H and O–H groups in total. The molecule has 0 unspecified atom stereocenters. The quantitative estimate of drug-likeness (QED) is 0.612. The Morgan fingerprint density at radius 2 is 1.77 bits per heavy atom. The second-order valence-electron chi connectivity index (χ2n) is 7.99. The topological polar surface area (TPSA) is 37.3 Å². The van der Waals surface area contributed by atoms with E-state index in [-0.39, 0.29) is 12.3 Å². The highest BCUT2D eigenvalue weighted by Gasteiger charge is 2.30. The Balaban J connectivity index is 1.47. The third kappa shape index (κ3) is 4.60. The van der Waals surface area contributed by atoms with E-state index in [0.717, 1.165) is 48.6 Å². The summed E-state index contributed by atoms with van der Waals surface area (Å²) in [5, 5.41) is 2.88. The minimum atomic E-state index is -4.43. The largest absolute Gasteiger partial charge is 0.416 e. The molecule has 0 saturated heterocycles. The van der Waals surface area contributed by atoms with Gasteiger partial charge in [0, 0.05) is 36.4 Å². The van der Waals surface area contributed by atoms with Crippen LogP contribution in [0, 0.1) is 13.8 Å². The summed E-state index contributed by atoms with van der Waals surface area (Å²) < 4.78 is 41.0. The first kappa shape index (κ1) is 21.0. The van der Waals surface area contributed by atoms with Crippen LogP contribution in [0.3, 0.4) is 0 Å². The van der Waals surface area contributed by atoms with E-state index >= 15 is 0 Å². The van der Waals surface area contributed by atoms with E-state index in [1.165, 1.54) is 17.8 Å². The highest BCUT2D eigenvalue weighted by Crippen LogP contribution is 2.31. The number of carbonyl (C=O) groups excluding carboxylic acids is 1. The Morgan fingerprint density at radius 1 is 1.03 bits per heavy atom. The average Bonchev–Trinajstić information content (AvgIpc) is 3.18. The zero-order valence-corrected chi connectivity index (χ0v) is 17.5. The minimum absolute atomic E-state index is 0.117. The van der Waals surface area contributed by atoms with Gasteiger partial charge in [-0.05, 0) is 60.9 Å². The number of aromatic nitrogens is 1. The Bertz CT molecular complexity index is 1090. The molecular formula is C24H24F3N3O. The molecule has 0 bridgehead atoms. The van der Waals surface area contributed by atoms with E-state index in [1.54, 1.807) is 0 Å². The van der Waals surface area contributed by atoms with Gasteiger partial charge in [0.25, 0.3) is 0 Å². The van der Waals surface area contributed by atoms with Crippen molar-refractivity contribution in [3.05, 3.63) is 82.7 Å². The first-order valence-electron chi connectivity index (χ1n) is 10.2. The number of hydrogen-bond donors (Lipinski definition) is 1. The van der Waals surface area contributed by atoms with E-state index in [4.69, 9.17) is 0 Å². The number of carbonyl (C=O) groups is 1. The van der Waals surface area contributed by atoms with Gasteiger partial charge in [0.2, 0.25) is 5.91 Å². The van der Waals surface area contributed by atoms with Crippen LogP contribution in [-0.4, -0.2) is 17.0 Å². The van der Waals surface area contributed by atoms with Gasteiger partial charge in [-0.15, -0.1) is 0 Å². The van der Waals surface area contributed by atoms with Crippen molar-refractivity contribution in [2.75, 3.05) is 16.8 Å². The molecule has 31 heavy (non-hydrogen) atoms. The molecule has 2 heterocycles. The second-order valence-corrected chi connectivity index (χ2v) is 7.99. The van der Waals surface area contributed by atoms with Crippen molar-refractivity contribution in [3.63, 3.8) is 0 Å². The van der Waals surface area contributed by atoms with Crippen molar-refractivity contribution in [2.45, 2.75) is 39.5 Å². The SMILES string of the molecule is Cc1cc(N2CCn3cccc3C2)cc(C)c1NC(=O)Cc1cccc(C(F)(F)F)c1. The molecule has 0 radical (unpaired) electrons. The summed E-state index contributed by atoms with van der Waals surface area (Å²) in [6, 6.07) is 13.2. The van der Waals surface area contributed by atoms with Gasteiger partial charge in [0.15, 0.2) is 0 Å². The van der Waals surface area contributed by atoms with Gasteiger partial charge in [-0.2, -0.15) is 13.2 Å². The number of amides is 1. The minimum Gasteiger partial charge on any atom is -0.364 e.